The van der Waals surface area contributed by atoms with Gasteiger partial charge in [0.2, 0.25) is 0 Å². The lowest BCUT2D eigenvalue weighted by Gasteiger charge is -2.27. The van der Waals surface area contributed by atoms with Crippen molar-refractivity contribution in [2.75, 3.05) is 6.54 Å². The first kappa shape index (κ1) is 26.1. The number of nitrogens with zero attached hydrogens (tertiary/aromatic N) is 2. The highest BCUT2D eigenvalue weighted by Gasteiger charge is 2.23. The summed E-state index contributed by atoms with van der Waals surface area (Å²) in [5.74, 6) is 0.701. The minimum Gasteiger partial charge on any atom is -0.411 e. The van der Waals surface area contributed by atoms with Crippen LogP contribution in [0.15, 0.2) is 10.3 Å². The summed E-state index contributed by atoms with van der Waals surface area (Å²) in [5.41, 5.74) is 1.19. The van der Waals surface area contributed by atoms with Crippen LogP contribution in [0.1, 0.15) is 94.4 Å². The summed E-state index contributed by atoms with van der Waals surface area (Å²) < 4.78 is 0. The molecular formula is C20H43N3O2. The molecule has 0 aromatic rings. The summed E-state index contributed by atoms with van der Waals surface area (Å²) in [4.78, 5) is 0. The fourth-order valence-corrected chi connectivity index (χ4v) is 2.83. The topological polar surface area (TPSA) is 77.2 Å². The van der Waals surface area contributed by atoms with Crippen LogP contribution in [-0.4, -0.2) is 33.9 Å². The number of hydrogen-bond donors (Lipinski definition) is 3. The quantitative estimate of drug-likeness (QED) is 0.238. The van der Waals surface area contributed by atoms with E-state index in [9.17, 15) is 0 Å². The van der Waals surface area contributed by atoms with Crippen molar-refractivity contribution >= 4 is 11.4 Å². The molecule has 1 unspecified atom stereocenters. The van der Waals surface area contributed by atoms with Crippen molar-refractivity contribution in [2.45, 2.75) is 100.0 Å². The van der Waals surface area contributed by atoms with Crippen LogP contribution in [0.5, 0.6) is 0 Å². The maximum Gasteiger partial charge on any atom is 0.0734 e. The van der Waals surface area contributed by atoms with E-state index in [4.69, 9.17) is 10.4 Å². The van der Waals surface area contributed by atoms with Crippen LogP contribution in [0.25, 0.3) is 0 Å². The number of nitrogens with one attached hydrogen (secondary N) is 1. The number of hydrogen-bond acceptors (Lipinski definition) is 5. The molecule has 0 aliphatic rings. The summed E-state index contributed by atoms with van der Waals surface area (Å²) >= 11 is 0. The Kier molecular flexibility index (Phi) is 12.8. The SMILES string of the molecule is C.CCCC(CCCC(C)(C)C(C)=NO)CCNC(C)(C)C(C)=NO. The van der Waals surface area contributed by atoms with Crippen LogP contribution in [0.2, 0.25) is 0 Å². The molecule has 0 saturated carbocycles. The average molecular weight is 358 g/mol. The lowest BCUT2D eigenvalue weighted by molar-refractivity contribution is 0.300. The third-order valence-corrected chi connectivity index (χ3v) is 5.41. The number of rotatable bonds is 12. The van der Waals surface area contributed by atoms with Crippen molar-refractivity contribution in [3.63, 3.8) is 0 Å². The first-order valence-electron chi connectivity index (χ1n) is 9.24. The van der Waals surface area contributed by atoms with Gasteiger partial charge < -0.3 is 15.7 Å². The van der Waals surface area contributed by atoms with Gasteiger partial charge in [-0.3, -0.25) is 0 Å². The van der Waals surface area contributed by atoms with E-state index in [2.05, 4.69) is 36.4 Å². The van der Waals surface area contributed by atoms with E-state index in [-0.39, 0.29) is 18.4 Å². The van der Waals surface area contributed by atoms with E-state index < -0.39 is 0 Å². The summed E-state index contributed by atoms with van der Waals surface area (Å²) in [5, 5.41) is 28.1. The van der Waals surface area contributed by atoms with Gasteiger partial charge in [0, 0.05) is 5.41 Å². The van der Waals surface area contributed by atoms with Gasteiger partial charge in [-0.15, -0.1) is 0 Å². The zero-order chi connectivity index (χ0) is 18.8. The Hall–Kier alpha value is -1.10. The molecule has 0 amide bonds. The van der Waals surface area contributed by atoms with Crippen molar-refractivity contribution in [2.24, 2.45) is 21.6 Å². The van der Waals surface area contributed by atoms with Gasteiger partial charge >= 0.3 is 0 Å². The zero-order valence-corrected chi connectivity index (χ0v) is 16.8. The monoisotopic (exact) mass is 357 g/mol. The van der Waals surface area contributed by atoms with Crippen molar-refractivity contribution in [3.05, 3.63) is 0 Å². The smallest absolute Gasteiger partial charge is 0.0734 e. The second-order valence-corrected chi connectivity index (χ2v) is 8.14. The maximum absolute atomic E-state index is 8.97. The molecule has 5 nitrogen and oxygen atoms in total. The normalized spacial score (nSPS) is 15.0. The standard InChI is InChI=1S/C19H39N3O2.CH4/c1-8-10-17(11-9-13-18(4,5)15(2)21-23)12-14-20-19(6,7)16(3)22-24;/h17,20,23-24H,8-14H2,1-7H3;1H4. The molecule has 0 aromatic heterocycles. The predicted molar refractivity (Wildman–Crippen MR) is 109 cm³/mol. The lowest BCUT2D eigenvalue weighted by Crippen LogP contribution is -2.46. The molecule has 0 bridgehead atoms. The van der Waals surface area contributed by atoms with Crippen LogP contribution < -0.4 is 5.32 Å². The van der Waals surface area contributed by atoms with Crippen LogP contribution in [0.4, 0.5) is 0 Å². The van der Waals surface area contributed by atoms with Crippen molar-refractivity contribution < 1.29 is 10.4 Å². The summed E-state index contributed by atoms with van der Waals surface area (Å²) in [6.45, 7) is 15.2. The molecule has 1 atom stereocenters. The summed E-state index contributed by atoms with van der Waals surface area (Å²) in [6.07, 6.45) is 6.95. The lowest BCUT2D eigenvalue weighted by atomic mass is 9.81. The van der Waals surface area contributed by atoms with Gasteiger partial charge in [-0.2, -0.15) is 0 Å². The van der Waals surface area contributed by atoms with Crippen LogP contribution in [-0.2, 0) is 0 Å². The van der Waals surface area contributed by atoms with E-state index in [0.29, 0.717) is 11.6 Å². The highest BCUT2D eigenvalue weighted by molar-refractivity contribution is 5.90. The van der Waals surface area contributed by atoms with E-state index in [1.165, 1.54) is 19.3 Å². The zero-order valence-electron chi connectivity index (χ0n) is 16.8. The minimum atomic E-state index is -0.276. The van der Waals surface area contributed by atoms with Gasteiger partial charge in [0.05, 0.1) is 17.0 Å². The van der Waals surface area contributed by atoms with Gasteiger partial charge in [-0.25, -0.2) is 0 Å². The van der Waals surface area contributed by atoms with Crippen molar-refractivity contribution in [3.8, 4) is 0 Å². The highest BCUT2D eigenvalue weighted by Crippen LogP contribution is 2.28. The third-order valence-electron chi connectivity index (χ3n) is 5.41. The molecule has 150 valence electrons. The molecule has 0 radical (unpaired) electrons. The van der Waals surface area contributed by atoms with Gasteiger partial charge in [0.1, 0.15) is 0 Å². The predicted octanol–water partition coefficient (Wildman–Crippen LogP) is 5.69. The first-order chi connectivity index (χ1) is 11.1. The summed E-state index contributed by atoms with van der Waals surface area (Å²) in [6, 6.07) is 0. The molecule has 0 heterocycles. The molecule has 0 rings (SSSR count). The molecule has 5 heteroatoms. The first-order valence-corrected chi connectivity index (χ1v) is 9.24. The molecule has 25 heavy (non-hydrogen) atoms. The van der Waals surface area contributed by atoms with E-state index in [0.717, 1.165) is 31.5 Å². The highest BCUT2D eigenvalue weighted by atomic mass is 16.4. The van der Waals surface area contributed by atoms with Gasteiger partial charge in [0.25, 0.3) is 0 Å². The molecule has 0 fully saturated rings. The second-order valence-electron chi connectivity index (χ2n) is 8.14. The molecule has 0 saturated heterocycles. The van der Waals surface area contributed by atoms with Crippen LogP contribution >= 0.6 is 0 Å². The minimum absolute atomic E-state index is 0. The molecule has 0 aliphatic heterocycles. The Morgan fingerprint density at radius 1 is 0.960 bits per heavy atom. The molecule has 3 N–H and O–H groups in total. The van der Waals surface area contributed by atoms with Gasteiger partial charge in [-0.05, 0) is 53.0 Å². The largest absolute Gasteiger partial charge is 0.411 e. The van der Waals surface area contributed by atoms with Crippen LogP contribution in [0.3, 0.4) is 0 Å². The summed E-state index contributed by atoms with van der Waals surface area (Å²) in [7, 11) is 0. The molecule has 0 aromatic carbocycles. The van der Waals surface area contributed by atoms with Crippen molar-refractivity contribution in [1.29, 1.82) is 0 Å². The Morgan fingerprint density at radius 2 is 1.52 bits per heavy atom. The Morgan fingerprint density at radius 3 is 2.00 bits per heavy atom. The fourth-order valence-electron chi connectivity index (χ4n) is 2.83. The van der Waals surface area contributed by atoms with E-state index in [1.54, 1.807) is 0 Å². The number of oxime groups is 2. The molecular weight excluding hydrogens is 314 g/mol. The maximum atomic E-state index is 8.97. The molecule has 0 aliphatic carbocycles. The van der Waals surface area contributed by atoms with E-state index in [1.807, 2.05) is 27.7 Å². The van der Waals surface area contributed by atoms with E-state index >= 15 is 0 Å². The van der Waals surface area contributed by atoms with Crippen LogP contribution in [0, 0.1) is 11.3 Å². The Labute approximate surface area is 156 Å². The fraction of sp³-hybridized carbons (Fsp3) is 0.900. The van der Waals surface area contributed by atoms with Gasteiger partial charge in [-0.1, -0.05) is 64.2 Å². The van der Waals surface area contributed by atoms with Gasteiger partial charge in [0.15, 0.2) is 0 Å². The third kappa shape index (κ3) is 9.83. The van der Waals surface area contributed by atoms with Crippen molar-refractivity contribution in [1.82, 2.24) is 5.32 Å². The second kappa shape index (κ2) is 12.3. The molecule has 0 spiro atoms. The Balaban J connectivity index is 0. The Bertz CT molecular complexity index is 379. The average Bonchev–Trinajstić information content (AvgIpc) is 2.52.